The van der Waals surface area contributed by atoms with Crippen LogP contribution >= 0.6 is 11.8 Å². The van der Waals surface area contributed by atoms with Gasteiger partial charge in [-0.05, 0) is 78.3 Å². The number of aromatic nitrogens is 2. The molecule has 0 fully saturated rings. The molecule has 6 amide bonds. The first kappa shape index (κ1) is 54.9. The van der Waals surface area contributed by atoms with Crippen molar-refractivity contribution in [2.24, 2.45) is 22.2 Å². The van der Waals surface area contributed by atoms with Gasteiger partial charge in [0, 0.05) is 87.4 Å². The number of Topliss-reactive ketones (excluding diaryl/α,β-unsaturated/α-hetero) is 1. The maximum atomic E-state index is 14.3. The van der Waals surface area contributed by atoms with Gasteiger partial charge in [0.15, 0.2) is 11.7 Å². The van der Waals surface area contributed by atoms with Gasteiger partial charge in [-0.2, -0.15) is 11.8 Å². The van der Waals surface area contributed by atoms with Gasteiger partial charge in [0.25, 0.3) is 0 Å². The van der Waals surface area contributed by atoms with Gasteiger partial charge in [-0.1, -0.05) is 61.5 Å². The Kier molecular flexibility index (Phi) is 22.1. The average Bonchev–Trinajstić information content (AvgIpc) is 3.98. The van der Waals surface area contributed by atoms with Gasteiger partial charge in [-0.15, -0.1) is 0 Å². The Bertz CT molecular complexity index is 2510. The van der Waals surface area contributed by atoms with E-state index >= 15 is 0 Å². The average molecular weight is 993 g/mol. The number of hydrogen-bond donors (Lipinski definition) is 6. The van der Waals surface area contributed by atoms with Crippen molar-refractivity contribution < 1.29 is 33.6 Å². The molecule has 5 rings (SSSR count). The van der Waals surface area contributed by atoms with Crippen LogP contribution in [0.3, 0.4) is 0 Å². The van der Waals surface area contributed by atoms with Gasteiger partial charge in [-0.3, -0.25) is 43.5 Å². The number of fused-ring (bicyclic) bond motifs is 2. The summed E-state index contributed by atoms with van der Waals surface area (Å²) in [7, 11) is 0. The van der Waals surface area contributed by atoms with E-state index in [1.807, 2.05) is 61.7 Å². The van der Waals surface area contributed by atoms with E-state index in [2.05, 4.69) is 43.8 Å². The molecule has 2 aromatic heterocycles. The van der Waals surface area contributed by atoms with Crippen molar-refractivity contribution >= 4 is 75.4 Å². The van der Waals surface area contributed by atoms with E-state index in [1.54, 1.807) is 18.6 Å². The number of H-pyrrole nitrogens is 1. The summed E-state index contributed by atoms with van der Waals surface area (Å²) >= 11 is 1.34. The molecule has 71 heavy (non-hydrogen) atoms. The Labute approximate surface area is 419 Å². The summed E-state index contributed by atoms with van der Waals surface area (Å²) in [5.41, 5.74) is 22.8. The Morgan fingerprint density at radius 2 is 1.49 bits per heavy atom. The molecule has 0 unspecified atom stereocenters. The number of carbonyl (C=O) groups excluding carboxylic acids is 7. The van der Waals surface area contributed by atoms with Crippen LogP contribution in [0, 0.1) is 0 Å². The smallest absolute Gasteiger partial charge is 0.242 e. The molecule has 2 heterocycles. The molecule has 380 valence electrons. The normalized spacial score (nSPS) is 12.1. The molecule has 0 aliphatic heterocycles. The largest absolute Gasteiger partial charge is 0.370 e. The van der Waals surface area contributed by atoms with E-state index in [1.165, 1.54) is 36.9 Å². The van der Waals surface area contributed by atoms with Crippen molar-refractivity contribution in [1.82, 2.24) is 40.2 Å². The molecule has 1 aliphatic rings. The van der Waals surface area contributed by atoms with Crippen LogP contribution in [-0.2, 0) is 52.9 Å². The molecule has 0 saturated carbocycles. The molecule has 9 N–H and O–H groups in total. The lowest BCUT2D eigenvalue weighted by atomic mass is 10.0. The zero-order valence-corrected chi connectivity index (χ0v) is 41.6. The lowest BCUT2D eigenvalue weighted by Crippen LogP contribution is -2.51. The Hall–Kier alpha value is -7.06. The monoisotopic (exact) mass is 993 g/mol. The summed E-state index contributed by atoms with van der Waals surface area (Å²) in [5.74, 6) is -3.23. The fourth-order valence-corrected chi connectivity index (χ4v) is 8.86. The van der Waals surface area contributed by atoms with Crippen LogP contribution in [0.25, 0.3) is 16.5 Å². The number of ketones is 1. The highest BCUT2D eigenvalue weighted by Crippen LogP contribution is 2.29. The maximum absolute atomic E-state index is 14.3. The molecular weight excluding hydrogens is 925 g/mol. The summed E-state index contributed by atoms with van der Waals surface area (Å²) in [6, 6.07) is 18.6. The number of amides is 6. The Morgan fingerprint density at radius 3 is 2.21 bits per heavy atom. The molecule has 1 aliphatic carbocycles. The summed E-state index contributed by atoms with van der Waals surface area (Å²) in [6.07, 6.45) is 11.2. The van der Waals surface area contributed by atoms with Crippen molar-refractivity contribution in [2.75, 3.05) is 77.5 Å². The zero-order chi connectivity index (χ0) is 51.1. The number of aliphatic imine (C=N–C) groups is 1. The van der Waals surface area contributed by atoms with Crippen LogP contribution in [0.2, 0.25) is 0 Å². The molecule has 4 aromatic rings. The second-order valence-electron chi connectivity index (χ2n) is 17.4. The van der Waals surface area contributed by atoms with E-state index in [9.17, 15) is 33.6 Å². The van der Waals surface area contributed by atoms with Crippen molar-refractivity contribution in [3.63, 3.8) is 0 Å². The number of hydrogen-bond acceptors (Lipinski definition) is 11. The number of nitrogens with one attached hydrogen (secondary N) is 3. The minimum absolute atomic E-state index is 0.0417. The quantitative estimate of drug-likeness (QED) is 0.0240. The summed E-state index contributed by atoms with van der Waals surface area (Å²) < 4.78 is 0. The summed E-state index contributed by atoms with van der Waals surface area (Å²) in [6.45, 7) is 1.72. The number of para-hydroxylation sites is 1. The highest BCUT2D eigenvalue weighted by Gasteiger charge is 2.27. The molecule has 0 bridgehead atoms. The molecule has 19 nitrogen and oxygen atoms in total. The molecular formula is C51H68N12O7S. The van der Waals surface area contributed by atoms with Crippen LogP contribution in [0.5, 0.6) is 0 Å². The Balaban J connectivity index is 1.28. The van der Waals surface area contributed by atoms with E-state index in [0.29, 0.717) is 32.2 Å². The zero-order valence-electron chi connectivity index (χ0n) is 40.8. The predicted molar refractivity (Wildman–Crippen MR) is 276 cm³/mol. The number of allylic oxidation sites excluding steroid dienone is 1. The fourth-order valence-electron chi connectivity index (χ4n) is 8.27. The standard InChI is InChI=1S/C51H68N12O7S/c1-3-23-60(32-45(65)59-44(35-71-2)50(52)70)48(68)33-62(26-20-39-29-58-43-14-7-6-13-42(39)43)46(66)18-17-40(64)31-61(24-9-22-57-51(53)54)49(69)34-63(47(67)30-56-28-36-10-8-21-55-27-36)25-19-38-16-15-37-11-4-5-12-41(37)38/h4-8,10-14,16,21,27,29,44,56,58H,3,9,15,17-20,22-26,28,30-35H2,1-2H3,(H2,52,70)(H,59,65)(H4,53,54,57)/t44-/m0/s1. The van der Waals surface area contributed by atoms with Crippen LogP contribution in [0.4, 0.5) is 0 Å². The second-order valence-corrected chi connectivity index (χ2v) is 18.3. The van der Waals surface area contributed by atoms with Crippen LogP contribution in [0.15, 0.2) is 90.3 Å². The maximum Gasteiger partial charge on any atom is 0.242 e. The number of nitrogens with two attached hydrogens (primary N) is 3. The van der Waals surface area contributed by atoms with E-state index in [0.717, 1.165) is 39.6 Å². The molecule has 20 heteroatoms. The van der Waals surface area contributed by atoms with Gasteiger partial charge < -0.3 is 52.4 Å². The number of rotatable bonds is 31. The van der Waals surface area contributed by atoms with Gasteiger partial charge in [0.05, 0.1) is 32.7 Å². The van der Waals surface area contributed by atoms with Gasteiger partial charge in [-0.25, -0.2) is 0 Å². The minimum atomic E-state index is -0.919. The predicted octanol–water partition coefficient (Wildman–Crippen LogP) is 2.00. The third-order valence-corrected chi connectivity index (χ3v) is 12.7. The molecule has 0 spiro atoms. The van der Waals surface area contributed by atoms with Crippen molar-refractivity contribution in [1.29, 1.82) is 0 Å². The molecule has 0 saturated heterocycles. The topological polar surface area (TPSA) is 276 Å². The first-order chi connectivity index (χ1) is 34.3. The van der Waals surface area contributed by atoms with Crippen molar-refractivity contribution in [2.45, 2.75) is 64.5 Å². The Morgan fingerprint density at radius 1 is 0.789 bits per heavy atom. The van der Waals surface area contributed by atoms with Gasteiger partial charge >= 0.3 is 0 Å². The summed E-state index contributed by atoms with van der Waals surface area (Å²) in [5, 5.41) is 6.73. The van der Waals surface area contributed by atoms with Crippen LogP contribution < -0.4 is 27.8 Å². The first-order valence-corrected chi connectivity index (χ1v) is 25.3. The third-order valence-electron chi connectivity index (χ3n) is 12.0. The van der Waals surface area contributed by atoms with Crippen LogP contribution in [0.1, 0.15) is 61.3 Å². The van der Waals surface area contributed by atoms with E-state index in [4.69, 9.17) is 17.2 Å². The number of carbonyl (C=O) groups is 7. The van der Waals surface area contributed by atoms with E-state index < -0.39 is 41.4 Å². The molecule has 1 atom stereocenters. The molecule has 0 radical (unpaired) electrons. The second kappa shape index (κ2) is 28.6. The molecule has 2 aromatic carbocycles. The first-order valence-electron chi connectivity index (χ1n) is 23.9. The fraction of sp³-hybridized carbons (Fsp3) is 0.431. The highest BCUT2D eigenvalue weighted by molar-refractivity contribution is 7.98. The van der Waals surface area contributed by atoms with E-state index in [-0.39, 0.29) is 95.9 Å². The van der Waals surface area contributed by atoms with Gasteiger partial charge in [0.1, 0.15) is 6.04 Å². The lowest BCUT2D eigenvalue weighted by Gasteiger charge is -2.28. The third kappa shape index (κ3) is 17.7. The SMILES string of the molecule is CCCN(CC(=O)N[C@@H](CSC)C(N)=O)C(=O)CN(CCc1c[nH]c2ccccc12)C(=O)CCC(=O)CN(CCCN=C(N)N)C(=O)CN(CCC1=CCc2ccccc21)C(=O)CNCc1cccnc1. The number of primary amides is 1. The van der Waals surface area contributed by atoms with Crippen molar-refractivity contribution in [3.05, 3.63) is 108 Å². The number of pyridine rings is 1. The highest BCUT2D eigenvalue weighted by atomic mass is 32.2. The summed E-state index contributed by atoms with van der Waals surface area (Å²) in [4.78, 5) is 112. The number of nitrogens with zero attached hydrogens (tertiary/aromatic N) is 6. The number of benzene rings is 2. The van der Waals surface area contributed by atoms with Crippen molar-refractivity contribution in [3.8, 4) is 0 Å². The van der Waals surface area contributed by atoms with Gasteiger partial charge in [0.2, 0.25) is 35.4 Å². The number of aromatic amines is 1. The lowest BCUT2D eigenvalue weighted by molar-refractivity contribution is -0.143. The van der Waals surface area contributed by atoms with Crippen LogP contribution in [-0.4, -0.2) is 160 Å². The minimum Gasteiger partial charge on any atom is -0.370 e. The number of guanidine groups is 1. The number of thioether (sulfide) groups is 1.